The first-order valence-corrected chi connectivity index (χ1v) is 5.95. The maximum atomic E-state index is 12.0. The third kappa shape index (κ3) is 3.85. The largest absolute Gasteiger partial charge is 0.347 e. The van der Waals surface area contributed by atoms with Crippen molar-refractivity contribution in [3.8, 4) is 0 Å². The van der Waals surface area contributed by atoms with Crippen LogP contribution >= 0.6 is 0 Å². The van der Waals surface area contributed by atoms with Gasteiger partial charge in [-0.2, -0.15) is 5.10 Å². The maximum Gasteiger partial charge on any atom is 0.269 e. The van der Waals surface area contributed by atoms with Gasteiger partial charge in [-0.05, 0) is 25.3 Å². The Morgan fingerprint density at radius 3 is 2.65 bits per heavy atom. The first kappa shape index (κ1) is 13.7. The molecule has 0 fully saturated rings. The van der Waals surface area contributed by atoms with Gasteiger partial charge in [-0.15, -0.1) is 0 Å². The number of carbonyl (C=O) groups excluding carboxylic acids is 1. The molecule has 0 spiro atoms. The van der Waals surface area contributed by atoms with E-state index in [2.05, 4.69) is 24.3 Å². The zero-order chi connectivity index (χ0) is 13.0. The number of amides is 1. The second kappa shape index (κ2) is 5.82. The fourth-order valence-corrected chi connectivity index (χ4v) is 1.87. The van der Waals surface area contributed by atoms with Crippen LogP contribution in [0.1, 0.15) is 36.5 Å². The van der Waals surface area contributed by atoms with Gasteiger partial charge in [-0.1, -0.05) is 13.8 Å². The standard InChI is InChI=1S/C12H22N4O/c1-8(2)5-10(7-13)14-12(17)11-6-9(3)15-16(11)4/h6,8,10H,5,7,13H2,1-4H3,(H,14,17). The van der Waals surface area contributed by atoms with E-state index in [-0.39, 0.29) is 11.9 Å². The van der Waals surface area contributed by atoms with E-state index in [0.29, 0.717) is 18.2 Å². The lowest BCUT2D eigenvalue weighted by Gasteiger charge is -2.18. The van der Waals surface area contributed by atoms with Gasteiger partial charge in [0, 0.05) is 19.6 Å². The first-order chi connectivity index (χ1) is 7.93. The van der Waals surface area contributed by atoms with Gasteiger partial charge >= 0.3 is 0 Å². The van der Waals surface area contributed by atoms with E-state index in [1.807, 2.05) is 6.92 Å². The SMILES string of the molecule is Cc1cc(C(=O)NC(CN)CC(C)C)n(C)n1. The highest BCUT2D eigenvalue weighted by Crippen LogP contribution is 2.06. The van der Waals surface area contributed by atoms with Crippen molar-refractivity contribution < 1.29 is 4.79 Å². The second-order valence-corrected chi connectivity index (χ2v) is 4.83. The summed E-state index contributed by atoms with van der Waals surface area (Å²) >= 11 is 0. The number of aromatic nitrogens is 2. The molecule has 1 rings (SSSR count). The number of nitrogens with two attached hydrogens (primary N) is 1. The monoisotopic (exact) mass is 238 g/mol. The van der Waals surface area contributed by atoms with Crippen LogP contribution in [-0.2, 0) is 7.05 Å². The number of rotatable bonds is 5. The van der Waals surface area contributed by atoms with Gasteiger partial charge in [0.1, 0.15) is 5.69 Å². The summed E-state index contributed by atoms with van der Waals surface area (Å²) in [6.07, 6.45) is 0.888. The van der Waals surface area contributed by atoms with Gasteiger partial charge < -0.3 is 11.1 Å². The Hall–Kier alpha value is -1.36. The van der Waals surface area contributed by atoms with Gasteiger partial charge in [-0.25, -0.2) is 0 Å². The summed E-state index contributed by atoms with van der Waals surface area (Å²) in [6.45, 7) is 6.55. The summed E-state index contributed by atoms with van der Waals surface area (Å²) in [5.74, 6) is 0.404. The van der Waals surface area contributed by atoms with Crippen molar-refractivity contribution in [2.45, 2.75) is 33.2 Å². The van der Waals surface area contributed by atoms with Crippen LogP contribution in [0, 0.1) is 12.8 Å². The van der Waals surface area contributed by atoms with Crippen LogP contribution in [0.15, 0.2) is 6.07 Å². The third-order valence-corrected chi connectivity index (χ3v) is 2.61. The topological polar surface area (TPSA) is 72.9 Å². The Bertz CT molecular complexity index is 384. The predicted octanol–water partition coefficient (Wildman–Crippen LogP) is 0.832. The molecular weight excluding hydrogens is 216 g/mol. The zero-order valence-corrected chi connectivity index (χ0v) is 11.0. The van der Waals surface area contributed by atoms with Crippen molar-refractivity contribution in [1.29, 1.82) is 0 Å². The van der Waals surface area contributed by atoms with Crippen LogP contribution in [0.3, 0.4) is 0 Å². The molecule has 5 heteroatoms. The van der Waals surface area contributed by atoms with Crippen molar-refractivity contribution in [1.82, 2.24) is 15.1 Å². The molecule has 1 atom stereocenters. The highest BCUT2D eigenvalue weighted by molar-refractivity contribution is 5.92. The molecule has 1 heterocycles. The average Bonchev–Trinajstić information content (AvgIpc) is 2.56. The quantitative estimate of drug-likeness (QED) is 0.798. The van der Waals surface area contributed by atoms with Crippen molar-refractivity contribution in [2.24, 2.45) is 18.7 Å². The van der Waals surface area contributed by atoms with Crippen LogP contribution in [0.4, 0.5) is 0 Å². The molecule has 96 valence electrons. The van der Waals surface area contributed by atoms with E-state index in [9.17, 15) is 4.79 Å². The van der Waals surface area contributed by atoms with Crippen LogP contribution in [-0.4, -0.2) is 28.3 Å². The molecule has 1 unspecified atom stereocenters. The van der Waals surface area contributed by atoms with Gasteiger partial charge in [0.25, 0.3) is 5.91 Å². The Morgan fingerprint density at radius 2 is 2.24 bits per heavy atom. The molecule has 17 heavy (non-hydrogen) atoms. The molecule has 0 aliphatic carbocycles. The number of aryl methyl sites for hydroxylation is 2. The van der Waals surface area contributed by atoms with E-state index >= 15 is 0 Å². The lowest BCUT2D eigenvalue weighted by Crippen LogP contribution is -2.41. The fraction of sp³-hybridized carbons (Fsp3) is 0.667. The maximum absolute atomic E-state index is 12.0. The molecule has 0 saturated heterocycles. The molecule has 0 bridgehead atoms. The van der Waals surface area contributed by atoms with E-state index in [0.717, 1.165) is 12.1 Å². The van der Waals surface area contributed by atoms with Crippen molar-refractivity contribution in [2.75, 3.05) is 6.54 Å². The number of nitrogens with zero attached hydrogens (tertiary/aromatic N) is 2. The molecule has 0 aliphatic rings. The Kier molecular flexibility index (Phi) is 4.69. The highest BCUT2D eigenvalue weighted by Gasteiger charge is 2.16. The second-order valence-electron chi connectivity index (χ2n) is 4.83. The molecule has 5 nitrogen and oxygen atoms in total. The van der Waals surface area contributed by atoms with Crippen LogP contribution in [0.25, 0.3) is 0 Å². The van der Waals surface area contributed by atoms with Crippen LogP contribution in [0.2, 0.25) is 0 Å². The smallest absolute Gasteiger partial charge is 0.269 e. The predicted molar refractivity (Wildman–Crippen MR) is 67.7 cm³/mol. The molecule has 3 N–H and O–H groups in total. The summed E-state index contributed by atoms with van der Waals surface area (Å²) in [7, 11) is 1.77. The fourth-order valence-electron chi connectivity index (χ4n) is 1.87. The van der Waals surface area contributed by atoms with Crippen molar-refractivity contribution in [3.05, 3.63) is 17.5 Å². The summed E-state index contributed by atoms with van der Waals surface area (Å²) in [6, 6.07) is 1.80. The van der Waals surface area contributed by atoms with Gasteiger partial charge in [-0.3, -0.25) is 9.48 Å². The normalized spacial score (nSPS) is 12.8. The molecule has 0 aliphatic heterocycles. The van der Waals surface area contributed by atoms with E-state index in [1.165, 1.54) is 0 Å². The summed E-state index contributed by atoms with van der Waals surface area (Å²) in [4.78, 5) is 12.0. The lowest BCUT2D eigenvalue weighted by atomic mass is 10.0. The Balaban J connectivity index is 2.67. The first-order valence-electron chi connectivity index (χ1n) is 5.95. The minimum atomic E-state index is -0.107. The van der Waals surface area contributed by atoms with Crippen molar-refractivity contribution in [3.63, 3.8) is 0 Å². The minimum Gasteiger partial charge on any atom is -0.347 e. The summed E-state index contributed by atoms with van der Waals surface area (Å²) in [5, 5.41) is 7.09. The zero-order valence-electron chi connectivity index (χ0n) is 11.0. The molecule has 0 radical (unpaired) electrons. The third-order valence-electron chi connectivity index (χ3n) is 2.61. The van der Waals surface area contributed by atoms with E-state index in [4.69, 9.17) is 5.73 Å². The Labute approximate surface area is 102 Å². The molecule has 0 aromatic carbocycles. The molecule has 1 aromatic heterocycles. The highest BCUT2D eigenvalue weighted by atomic mass is 16.2. The van der Waals surface area contributed by atoms with E-state index in [1.54, 1.807) is 17.8 Å². The average molecular weight is 238 g/mol. The number of nitrogens with one attached hydrogen (secondary N) is 1. The molecule has 0 saturated carbocycles. The van der Waals surface area contributed by atoms with Gasteiger partial charge in [0.15, 0.2) is 0 Å². The molecule has 1 aromatic rings. The number of hydrogen-bond donors (Lipinski definition) is 2. The lowest BCUT2D eigenvalue weighted by molar-refractivity contribution is 0.0924. The molecule has 1 amide bonds. The van der Waals surface area contributed by atoms with Crippen LogP contribution in [0.5, 0.6) is 0 Å². The summed E-state index contributed by atoms with van der Waals surface area (Å²) in [5.41, 5.74) is 7.07. The number of carbonyl (C=O) groups is 1. The summed E-state index contributed by atoms with van der Waals surface area (Å²) < 4.78 is 1.59. The van der Waals surface area contributed by atoms with Crippen LogP contribution < -0.4 is 11.1 Å². The number of hydrogen-bond acceptors (Lipinski definition) is 3. The molecular formula is C12H22N4O. The van der Waals surface area contributed by atoms with E-state index < -0.39 is 0 Å². The van der Waals surface area contributed by atoms with Gasteiger partial charge in [0.05, 0.1) is 5.69 Å². The Morgan fingerprint density at radius 1 is 1.59 bits per heavy atom. The van der Waals surface area contributed by atoms with Crippen molar-refractivity contribution >= 4 is 5.91 Å². The van der Waals surface area contributed by atoms with Gasteiger partial charge in [0.2, 0.25) is 0 Å². The minimum absolute atomic E-state index is 0.0257.